The molecule has 1 amide bonds. The second-order valence-corrected chi connectivity index (χ2v) is 10.5. The number of amides is 1. The molecule has 0 bridgehead atoms. The van der Waals surface area contributed by atoms with Crippen molar-refractivity contribution in [2.24, 2.45) is 16.2 Å². The van der Waals surface area contributed by atoms with E-state index in [4.69, 9.17) is 10.8 Å². The summed E-state index contributed by atoms with van der Waals surface area (Å²) in [6, 6.07) is 8.90. The molecule has 0 saturated heterocycles. The molecule has 0 saturated carbocycles. The number of anilines is 2. The number of nitrogens with zero attached hydrogens (tertiary/aromatic N) is 4. The smallest absolute Gasteiger partial charge is 0.254 e. The highest BCUT2D eigenvalue weighted by Gasteiger charge is 2.24. The summed E-state index contributed by atoms with van der Waals surface area (Å²) in [7, 11) is 0. The van der Waals surface area contributed by atoms with Crippen molar-refractivity contribution in [3.05, 3.63) is 75.9 Å². The maximum Gasteiger partial charge on any atom is 0.254 e. The van der Waals surface area contributed by atoms with Crippen LogP contribution >= 0.6 is 0 Å². The van der Waals surface area contributed by atoms with Gasteiger partial charge in [0.1, 0.15) is 5.82 Å². The van der Waals surface area contributed by atoms with Crippen LogP contribution in [0.4, 0.5) is 21.7 Å². The second kappa shape index (κ2) is 13.9. The molecule has 0 aliphatic heterocycles. The van der Waals surface area contributed by atoms with Crippen molar-refractivity contribution in [3.8, 4) is 0 Å². The number of carbonyl (C=O) groups excluding carboxylic acids is 1. The summed E-state index contributed by atoms with van der Waals surface area (Å²) in [5.41, 5.74) is 5.92. The van der Waals surface area contributed by atoms with Crippen LogP contribution < -0.4 is 21.8 Å². The third kappa shape index (κ3) is 8.29. The number of rotatable bonds is 13. The molecule has 0 spiro atoms. The third-order valence-electron chi connectivity index (χ3n) is 6.96. The second-order valence-electron chi connectivity index (χ2n) is 10.5. The zero-order valence-corrected chi connectivity index (χ0v) is 24.4. The summed E-state index contributed by atoms with van der Waals surface area (Å²) in [6.45, 7) is 13.2. The summed E-state index contributed by atoms with van der Waals surface area (Å²) in [4.78, 5) is 22.1. The van der Waals surface area contributed by atoms with E-state index < -0.39 is 11.7 Å². The van der Waals surface area contributed by atoms with Crippen LogP contribution in [-0.2, 0) is 13.0 Å². The van der Waals surface area contributed by atoms with Crippen LogP contribution in [0.5, 0.6) is 0 Å². The van der Waals surface area contributed by atoms with Gasteiger partial charge in [0.25, 0.3) is 5.91 Å². The fourth-order valence-corrected chi connectivity index (χ4v) is 4.84. The lowest BCUT2D eigenvalue weighted by Gasteiger charge is -2.31. The van der Waals surface area contributed by atoms with Crippen molar-refractivity contribution in [1.29, 1.82) is 0 Å². The lowest BCUT2D eigenvalue weighted by Crippen LogP contribution is -2.45. The first-order valence-corrected chi connectivity index (χ1v) is 13.7. The van der Waals surface area contributed by atoms with Gasteiger partial charge in [0.05, 0.1) is 16.9 Å². The molecular formula is C30H41FN8O. The Hall–Kier alpha value is -3.92. The fourth-order valence-electron chi connectivity index (χ4n) is 4.84. The van der Waals surface area contributed by atoms with Crippen molar-refractivity contribution in [1.82, 2.24) is 20.6 Å². The molecule has 10 heteroatoms. The standard InChI is InChI=1S/C30H41FN8O/c1-7-9-30(6,10-11-33-28(40)24-15-21(5)26(38-39-32)16-25(24)31)35-18-27-22(8-2)17-34-29(37-27)36-23-13-19(3)12-20(4)14-23/h12-17,35H,7-11,18H2,1-6H3,(H2,32,38)(H,33,40)(H,34,36,37). The van der Waals surface area contributed by atoms with Gasteiger partial charge in [-0.05, 0) is 87.4 Å². The summed E-state index contributed by atoms with van der Waals surface area (Å²) < 4.78 is 14.5. The van der Waals surface area contributed by atoms with Gasteiger partial charge in [-0.3, -0.25) is 4.79 Å². The first-order valence-electron chi connectivity index (χ1n) is 13.7. The molecule has 1 aromatic heterocycles. The molecule has 1 heterocycles. The average molecular weight is 549 g/mol. The van der Waals surface area contributed by atoms with Gasteiger partial charge >= 0.3 is 0 Å². The highest BCUT2D eigenvalue weighted by atomic mass is 19.1. The number of aryl methyl sites for hydroxylation is 4. The van der Waals surface area contributed by atoms with Crippen LogP contribution in [0.15, 0.2) is 46.9 Å². The van der Waals surface area contributed by atoms with Crippen molar-refractivity contribution in [3.63, 3.8) is 0 Å². The van der Waals surface area contributed by atoms with E-state index in [1.54, 1.807) is 6.92 Å². The van der Waals surface area contributed by atoms with Gasteiger partial charge in [0.15, 0.2) is 0 Å². The molecule has 5 N–H and O–H groups in total. The SMILES string of the molecule is CCCC(C)(CCNC(=O)c1cc(C)c(N=NN)cc1F)NCc1nc(Nc2cc(C)cc(C)c2)ncc1CC. The van der Waals surface area contributed by atoms with Gasteiger partial charge in [0.2, 0.25) is 5.95 Å². The van der Waals surface area contributed by atoms with Crippen molar-refractivity contribution in [2.45, 2.75) is 79.3 Å². The summed E-state index contributed by atoms with van der Waals surface area (Å²) in [5.74, 6) is 4.49. The van der Waals surface area contributed by atoms with Crippen molar-refractivity contribution >= 4 is 23.2 Å². The Morgan fingerprint density at radius 2 is 1.80 bits per heavy atom. The lowest BCUT2D eigenvalue weighted by molar-refractivity contribution is 0.0945. The molecule has 214 valence electrons. The predicted molar refractivity (Wildman–Crippen MR) is 158 cm³/mol. The van der Waals surface area contributed by atoms with Gasteiger partial charge < -0.3 is 21.8 Å². The van der Waals surface area contributed by atoms with Gasteiger partial charge in [-0.15, -0.1) is 5.11 Å². The molecular weight excluding hydrogens is 507 g/mol. The van der Waals surface area contributed by atoms with Crippen LogP contribution in [0, 0.1) is 26.6 Å². The van der Waals surface area contributed by atoms with Gasteiger partial charge in [0, 0.05) is 36.6 Å². The summed E-state index contributed by atoms with van der Waals surface area (Å²) in [5, 5.41) is 16.8. The summed E-state index contributed by atoms with van der Waals surface area (Å²) >= 11 is 0. The molecule has 40 heavy (non-hydrogen) atoms. The Labute approximate surface area is 236 Å². The van der Waals surface area contributed by atoms with Crippen LogP contribution in [0.1, 0.15) is 78.3 Å². The molecule has 1 unspecified atom stereocenters. The van der Waals surface area contributed by atoms with Crippen LogP contribution in [-0.4, -0.2) is 28.0 Å². The van der Waals surface area contributed by atoms with Crippen LogP contribution in [0.3, 0.4) is 0 Å². The molecule has 2 aromatic carbocycles. The number of nitrogens with two attached hydrogens (primary N) is 1. The molecule has 3 rings (SSSR count). The zero-order chi connectivity index (χ0) is 29.3. The van der Waals surface area contributed by atoms with Crippen molar-refractivity contribution < 1.29 is 9.18 Å². The van der Waals surface area contributed by atoms with E-state index in [0.29, 0.717) is 36.7 Å². The number of benzene rings is 2. The number of hydrogen-bond donors (Lipinski definition) is 4. The zero-order valence-electron chi connectivity index (χ0n) is 24.4. The quantitative estimate of drug-likeness (QED) is 0.113. The number of nitrogens with one attached hydrogen (secondary N) is 3. The Bertz CT molecular complexity index is 1340. The van der Waals surface area contributed by atoms with Crippen LogP contribution in [0.25, 0.3) is 0 Å². The largest absolute Gasteiger partial charge is 0.352 e. The summed E-state index contributed by atoms with van der Waals surface area (Å²) in [6.07, 6.45) is 5.22. The number of hydrogen-bond acceptors (Lipinski definition) is 7. The van der Waals surface area contributed by atoms with E-state index in [0.717, 1.165) is 36.2 Å². The highest BCUT2D eigenvalue weighted by molar-refractivity contribution is 5.95. The normalized spacial score (nSPS) is 12.9. The van der Waals surface area contributed by atoms with Crippen LogP contribution in [0.2, 0.25) is 0 Å². The van der Waals surface area contributed by atoms with Crippen molar-refractivity contribution in [2.75, 3.05) is 11.9 Å². The molecule has 9 nitrogen and oxygen atoms in total. The molecule has 0 aliphatic carbocycles. The molecule has 0 aliphatic rings. The maximum absolute atomic E-state index is 14.5. The molecule has 1 atom stereocenters. The van der Waals surface area contributed by atoms with Gasteiger partial charge in [-0.2, -0.15) is 0 Å². The topological polar surface area (TPSA) is 130 Å². The number of carbonyl (C=O) groups is 1. The highest BCUT2D eigenvalue weighted by Crippen LogP contribution is 2.24. The van der Waals surface area contributed by atoms with E-state index in [2.05, 4.69) is 84.1 Å². The maximum atomic E-state index is 14.5. The van der Waals surface area contributed by atoms with E-state index >= 15 is 0 Å². The number of halogens is 1. The molecule has 0 fully saturated rings. The minimum atomic E-state index is -0.666. The first kappa shape index (κ1) is 30.6. The third-order valence-corrected chi connectivity index (χ3v) is 6.96. The van der Waals surface area contributed by atoms with E-state index in [1.165, 1.54) is 23.3 Å². The Morgan fingerprint density at radius 3 is 2.45 bits per heavy atom. The van der Waals surface area contributed by atoms with E-state index in [1.807, 2.05) is 6.20 Å². The van der Waals surface area contributed by atoms with Gasteiger partial charge in [-0.25, -0.2) is 14.4 Å². The molecule has 3 aromatic rings. The Balaban J connectivity index is 1.67. The lowest BCUT2D eigenvalue weighted by atomic mass is 9.91. The monoisotopic (exact) mass is 548 g/mol. The van der Waals surface area contributed by atoms with E-state index in [-0.39, 0.29) is 11.1 Å². The molecule has 0 radical (unpaired) electrons. The minimum absolute atomic E-state index is 0.0315. The predicted octanol–water partition coefficient (Wildman–Crippen LogP) is 6.27. The van der Waals surface area contributed by atoms with Gasteiger partial charge in [-0.1, -0.05) is 31.6 Å². The van der Waals surface area contributed by atoms with E-state index in [9.17, 15) is 9.18 Å². The Kier molecular flexibility index (Phi) is 10.7. The Morgan fingerprint density at radius 1 is 1.07 bits per heavy atom. The first-order chi connectivity index (χ1) is 19.1. The average Bonchev–Trinajstić information content (AvgIpc) is 2.89. The number of aromatic nitrogens is 2. The fraction of sp³-hybridized carbons (Fsp3) is 0.433. The minimum Gasteiger partial charge on any atom is -0.352 e.